The summed E-state index contributed by atoms with van der Waals surface area (Å²) in [5.74, 6) is -1.86. The van der Waals surface area contributed by atoms with Crippen molar-refractivity contribution in [3.63, 3.8) is 0 Å². The van der Waals surface area contributed by atoms with Crippen LogP contribution in [0.1, 0.15) is 106 Å². The first-order valence-electron chi connectivity index (χ1n) is 18.1. The molecule has 0 bridgehead atoms. The van der Waals surface area contributed by atoms with E-state index < -0.39 is 64.6 Å². The number of benzene rings is 2. The molecule has 0 saturated carbocycles. The molecule has 53 heavy (non-hydrogen) atoms. The van der Waals surface area contributed by atoms with Crippen LogP contribution < -0.4 is 21.3 Å². The number of alkyl carbamates (subject to hydrolysis) is 1. The molecule has 2 aromatic carbocycles. The Labute approximate surface area is 313 Å². The summed E-state index contributed by atoms with van der Waals surface area (Å²) < 4.78 is 29.8. The lowest BCUT2D eigenvalue weighted by atomic mass is 9.84. The SMILES string of the molecule is CC(C)(C)OC(=O)CC[C@H](NC(=O)N[C@@H](CCCCNC(=O)[C@H](Cc1ccc(F)cc1)NC(=O)OCc1ccccc1)C(=O)OC(C)(C)C)C(C)(C)C. The molecular formula is C40H59FN4O8. The molecule has 2 rings (SSSR count). The first kappa shape index (κ1) is 44.5. The van der Waals surface area contributed by atoms with E-state index in [-0.39, 0.29) is 38.4 Å². The van der Waals surface area contributed by atoms with Gasteiger partial charge in [-0.05, 0) is 95.9 Å². The van der Waals surface area contributed by atoms with Gasteiger partial charge in [-0.3, -0.25) is 9.59 Å². The zero-order valence-electron chi connectivity index (χ0n) is 32.7. The van der Waals surface area contributed by atoms with E-state index in [4.69, 9.17) is 14.2 Å². The Bertz CT molecular complexity index is 1480. The minimum Gasteiger partial charge on any atom is -0.460 e. The Hall–Kier alpha value is -4.68. The van der Waals surface area contributed by atoms with Gasteiger partial charge < -0.3 is 35.5 Å². The number of urea groups is 1. The number of nitrogens with one attached hydrogen (secondary N) is 4. The highest BCUT2D eigenvalue weighted by molar-refractivity contribution is 5.86. The highest BCUT2D eigenvalue weighted by Gasteiger charge is 2.31. The Morgan fingerprint density at radius 1 is 0.698 bits per heavy atom. The van der Waals surface area contributed by atoms with Crippen LogP contribution in [0, 0.1) is 11.2 Å². The highest BCUT2D eigenvalue weighted by Crippen LogP contribution is 2.24. The maximum Gasteiger partial charge on any atom is 0.408 e. The van der Waals surface area contributed by atoms with Crippen molar-refractivity contribution in [2.45, 2.75) is 137 Å². The third-order valence-electron chi connectivity index (χ3n) is 7.80. The number of ether oxygens (including phenoxy) is 3. The average Bonchev–Trinajstić information content (AvgIpc) is 3.04. The molecule has 0 heterocycles. The molecule has 0 unspecified atom stereocenters. The summed E-state index contributed by atoms with van der Waals surface area (Å²) in [4.78, 5) is 64.6. The highest BCUT2D eigenvalue weighted by atomic mass is 19.1. The summed E-state index contributed by atoms with van der Waals surface area (Å²) in [6, 6.07) is 11.8. The van der Waals surface area contributed by atoms with E-state index in [1.54, 1.807) is 41.5 Å². The summed E-state index contributed by atoms with van der Waals surface area (Å²) in [5, 5.41) is 11.1. The van der Waals surface area contributed by atoms with E-state index in [0.717, 1.165) is 5.56 Å². The summed E-state index contributed by atoms with van der Waals surface area (Å²) in [6.07, 6.45) is 0.857. The van der Waals surface area contributed by atoms with Crippen LogP contribution >= 0.6 is 0 Å². The van der Waals surface area contributed by atoms with E-state index in [9.17, 15) is 28.4 Å². The van der Waals surface area contributed by atoms with Crippen molar-refractivity contribution < 1.29 is 42.6 Å². The van der Waals surface area contributed by atoms with Crippen LogP contribution in [0.3, 0.4) is 0 Å². The van der Waals surface area contributed by atoms with E-state index in [2.05, 4.69) is 21.3 Å². The molecule has 0 aliphatic rings. The normalized spacial score (nSPS) is 13.5. The van der Waals surface area contributed by atoms with Crippen LogP contribution in [0.25, 0.3) is 0 Å². The predicted octanol–water partition coefficient (Wildman–Crippen LogP) is 6.50. The Morgan fingerprint density at radius 3 is 1.91 bits per heavy atom. The number of unbranched alkanes of at least 4 members (excludes halogenated alkanes) is 1. The fraction of sp³-hybridized carbons (Fsp3) is 0.575. The van der Waals surface area contributed by atoms with Gasteiger partial charge in [0.1, 0.15) is 35.7 Å². The van der Waals surface area contributed by atoms with Crippen molar-refractivity contribution in [1.29, 1.82) is 0 Å². The first-order valence-corrected chi connectivity index (χ1v) is 18.1. The Balaban J connectivity index is 2.01. The zero-order valence-corrected chi connectivity index (χ0v) is 32.7. The number of hydrogen-bond donors (Lipinski definition) is 4. The second-order valence-electron chi connectivity index (χ2n) is 16.1. The lowest BCUT2D eigenvalue weighted by molar-refractivity contribution is -0.157. The van der Waals surface area contributed by atoms with Crippen LogP contribution in [0.4, 0.5) is 14.0 Å². The van der Waals surface area contributed by atoms with E-state index in [1.807, 2.05) is 51.1 Å². The van der Waals surface area contributed by atoms with Crippen molar-refractivity contribution >= 4 is 30.0 Å². The summed E-state index contributed by atoms with van der Waals surface area (Å²) in [7, 11) is 0. The smallest absolute Gasteiger partial charge is 0.408 e. The number of amides is 4. The number of hydrogen-bond acceptors (Lipinski definition) is 8. The first-order chi connectivity index (χ1) is 24.6. The van der Waals surface area contributed by atoms with Gasteiger partial charge in [-0.25, -0.2) is 18.8 Å². The molecule has 0 spiro atoms. The van der Waals surface area contributed by atoms with Gasteiger partial charge in [0.15, 0.2) is 0 Å². The summed E-state index contributed by atoms with van der Waals surface area (Å²) >= 11 is 0. The van der Waals surface area contributed by atoms with Crippen molar-refractivity contribution in [2.75, 3.05) is 6.54 Å². The minimum absolute atomic E-state index is 0.0192. The van der Waals surface area contributed by atoms with Crippen LogP contribution in [0.5, 0.6) is 0 Å². The van der Waals surface area contributed by atoms with Gasteiger partial charge in [0.05, 0.1) is 0 Å². The van der Waals surface area contributed by atoms with Crippen LogP contribution in [0.15, 0.2) is 54.6 Å². The Morgan fingerprint density at radius 2 is 1.32 bits per heavy atom. The number of esters is 2. The van der Waals surface area contributed by atoms with E-state index in [1.165, 1.54) is 24.3 Å². The molecule has 0 saturated heterocycles. The van der Waals surface area contributed by atoms with Crippen LogP contribution in [0.2, 0.25) is 0 Å². The molecule has 4 amide bonds. The van der Waals surface area contributed by atoms with Crippen molar-refractivity contribution in [3.8, 4) is 0 Å². The van der Waals surface area contributed by atoms with E-state index >= 15 is 0 Å². The number of carbonyl (C=O) groups excluding carboxylic acids is 5. The van der Waals surface area contributed by atoms with Gasteiger partial charge >= 0.3 is 24.1 Å². The molecule has 4 N–H and O–H groups in total. The van der Waals surface area contributed by atoms with Gasteiger partial charge in [0, 0.05) is 25.4 Å². The second-order valence-corrected chi connectivity index (χ2v) is 16.1. The molecule has 3 atom stereocenters. The number of halogens is 1. The number of carbonyl (C=O) groups is 5. The fourth-order valence-electron chi connectivity index (χ4n) is 5.14. The second kappa shape index (κ2) is 20.5. The van der Waals surface area contributed by atoms with Crippen molar-refractivity contribution in [2.24, 2.45) is 5.41 Å². The zero-order chi connectivity index (χ0) is 39.8. The van der Waals surface area contributed by atoms with Gasteiger partial charge in [-0.1, -0.05) is 63.2 Å². The predicted molar refractivity (Wildman–Crippen MR) is 200 cm³/mol. The lowest BCUT2D eigenvalue weighted by Gasteiger charge is -2.32. The summed E-state index contributed by atoms with van der Waals surface area (Å²) in [5.41, 5.74) is -0.399. The fourth-order valence-corrected chi connectivity index (χ4v) is 5.14. The quantitative estimate of drug-likeness (QED) is 0.0812. The topological polar surface area (TPSA) is 161 Å². The minimum atomic E-state index is -1.00. The third kappa shape index (κ3) is 19.1. The molecule has 294 valence electrons. The molecule has 13 heteroatoms. The third-order valence-corrected chi connectivity index (χ3v) is 7.80. The Kier molecular flexibility index (Phi) is 17.2. The molecule has 0 radical (unpaired) electrons. The molecule has 0 fully saturated rings. The van der Waals surface area contributed by atoms with Gasteiger partial charge in [0.2, 0.25) is 5.91 Å². The van der Waals surface area contributed by atoms with Crippen LogP contribution in [-0.2, 0) is 41.6 Å². The van der Waals surface area contributed by atoms with Crippen molar-refractivity contribution in [3.05, 3.63) is 71.5 Å². The molecule has 0 aliphatic carbocycles. The molecule has 12 nitrogen and oxygen atoms in total. The standard InChI is InChI=1S/C40H59FN4O8/c1-38(2,3)32(22-23-33(46)52-39(4,5)6)45-36(49)43-30(35(48)53-40(7,8)9)17-13-14-24-42-34(47)31(25-27-18-20-29(41)21-19-27)44-37(50)51-26-28-15-11-10-12-16-28/h10-12,15-16,18-21,30-32H,13-14,17,22-26H2,1-9H3,(H,42,47)(H,44,50)(H2,43,45,49)/t30-,31-,32-/m0/s1. The lowest BCUT2D eigenvalue weighted by Crippen LogP contribution is -2.53. The van der Waals surface area contributed by atoms with Gasteiger partial charge in [-0.2, -0.15) is 0 Å². The van der Waals surface area contributed by atoms with Crippen LogP contribution in [-0.4, -0.2) is 65.8 Å². The molecule has 2 aromatic rings. The maximum atomic E-state index is 13.5. The van der Waals surface area contributed by atoms with Gasteiger partial charge in [-0.15, -0.1) is 0 Å². The monoisotopic (exact) mass is 742 g/mol. The largest absolute Gasteiger partial charge is 0.460 e. The molecular weight excluding hydrogens is 683 g/mol. The average molecular weight is 743 g/mol. The van der Waals surface area contributed by atoms with E-state index in [0.29, 0.717) is 24.8 Å². The maximum absolute atomic E-state index is 13.5. The molecule has 0 aromatic heterocycles. The summed E-state index contributed by atoms with van der Waals surface area (Å²) in [6.45, 7) is 16.6. The molecule has 0 aliphatic heterocycles. The van der Waals surface area contributed by atoms with Crippen molar-refractivity contribution in [1.82, 2.24) is 21.3 Å². The number of rotatable bonds is 17. The van der Waals surface area contributed by atoms with Gasteiger partial charge in [0.25, 0.3) is 0 Å².